The number of amides is 3. The van der Waals surface area contributed by atoms with Gasteiger partial charge in [-0.25, -0.2) is 4.90 Å². The predicted octanol–water partition coefficient (Wildman–Crippen LogP) is 3.58. The maximum atomic E-state index is 12.6. The quantitative estimate of drug-likeness (QED) is 0.399. The summed E-state index contributed by atoms with van der Waals surface area (Å²) < 4.78 is 0. The van der Waals surface area contributed by atoms with E-state index in [0.29, 0.717) is 28.1 Å². The molecule has 3 aromatic carbocycles. The van der Waals surface area contributed by atoms with Crippen molar-refractivity contribution in [2.24, 2.45) is 0 Å². The molecule has 1 heterocycles. The standard InChI is InChI=1S/C22H15N3O5/c26-20(12-14-8-10-16(11-9-14)25(29)30)23-15-4-3-5-17(13-15)24-21(27)18-6-1-2-7-19(18)22(24)28/h1-11,13H,12H2,(H,23,26). The van der Waals surface area contributed by atoms with Gasteiger partial charge < -0.3 is 5.32 Å². The normalized spacial score (nSPS) is 12.6. The lowest BCUT2D eigenvalue weighted by Gasteiger charge is -2.15. The van der Waals surface area contributed by atoms with E-state index in [2.05, 4.69) is 5.32 Å². The highest BCUT2D eigenvalue weighted by Gasteiger charge is 2.36. The Labute approximate surface area is 170 Å². The molecule has 1 aliphatic heterocycles. The summed E-state index contributed by atoms with van der Waals surface area (Å²) in [5.74, 6) is -1.15. The Hall–Kier alpha value is -4.33. The molecule has 4 rings (SSSR count). The molecule has 0 unspecified atom stereocenters. The first-order valence-electron chi connectivity index (χ1n) is 9.05. The fourth-order valence-corrected chi connectivity index (χ4v) is 3.27. The van der Waals surface area contributed by atoms with Gasteiger partial charge in [0.15, 0.2) is 0 Å². The molecule has 0 saturated carbocycles. The molecule has 0 saturated heterocycles. The SMILES string of the molecule is O=C(Cc1ccc([N+](=O)[O-])cc1)Nc1cccc(N2C(=O)c3ccccc3C2=O)c1. The van der Waals surface area contributed by atoms with Crippen LogP contribution in [0.1, 0.15) is 26.3 Å². The molecule has 8 nitrogen and oxygen atoms in total. The molecule has 0 spiro atoms. The maximum Gasteiger partial charge on any atom is 0.269 e. The molecule has 0 fully saturated rings. The lowest BCUT2D eigenvalue weighted by molar-refractivity contribution is -0.384. The molecule has 3 amide bonds. The second kappa shape index (κ2) is 7.59. The molecule has 30 heavy (non-hydrogen) atoms. The van der Waals surface area contributed by atoms with Gasteiger partial charge in [-0.1, -0.05) is 30.3 Å². The Morgan fingerprint density at radius 2 is 1.53 bits per heavy atom. The van der Waals surface area contributed by atoms with Gasteiger partial charge in [0.05, 0.1) is 28.2 Å². The van der Waals surface area contributed by atoms with Gasteiger partial charge in [0, 0.05) is 17.8 Å². The number of nitro groups is 1. The van der Waals surface area contributed by atoms with Crippen molar-refractivity contribution in [2.45, 2.75) is 6.42 Å². The Morgan fingerprint density at radius 1 is 0.900 bits per heavy atom. The second-order valence-corrected chi connectivity index (χ2v) is 6.69. The van der Waals surface area contributed by atoms with Crippen LogP contribution in [-0.4, -0.2) is 22.6 Å². The molecule has 8 heteroatoms. The van der Waals surface area contributed by atoms with Gasteiger partial charge in [-0.15, -0.1) is 0 Å². The molecule has 3 aromatic rings. The van der Waals surface area contributed by atoms with Gasteiger partial charge in [-0.2, -0.15) is 0 Å². The Morgan fingerprint density at radius 3 is 2.13 bits per heavy atom. The number of anilines is 2. The summed E-state index contributed by atoms with van der Waals surface area (Å²) in [5, 5.41) is 13.4. The first-order valence-corrected chi connectivity index (χ1v) is 9.05. The van der Waals surface area contributed by atoms with E-state index in [1.807, 2.05) is 0 Å². The minimum Gasteiger partial charge on any atom is -0.326 e. The number of nitrogens with one attached hydrogen (secondary N) is 1. The summed E-state index contributed by atoms with van der Waals surface area (Å²) >= 11 is 0. The average Bonchev–Trinajstić information content (AvgIpc) is 2.99. The fourth-order valence-electron chi connectivity index (χ4n) is 3.27. The van der Waals surface area contributed by atoms with Gasteiger partial charge in [-0.05, 0) is 35.9 Å². The van der Waals surface area contributed by atoms with E-state index in [9.17, 15) is 24.5 Å². The minimum absolute atomic E-state index is 0.0231. The van der Waals surface area contributed by atoms with Gasteiger partial charge in [0.2, 0.25) is 5.91 Å². The number of nitrogens with zero attached hydrogens (tertiary/aromatic N) is 2. The van der Waals surface area contributed by atoms with Crippen LogP contribution >= 0.6 is 0 Å². The average molecular weight is 401 g/mol. The highest BCUT2D eigenvalue weighted by molar-refractivity contribution is 6.34. The summed E-state index contributed by atoms with van der Waals surface area (Å²) in [6.07, 6.45) is 0.0231. The summed E-state index contributed by atoms with van der Waals surface area (Å²) in [5.41, 5.74) is 2.04. The van der Waals surface area contributed by atoms with Crippen LogP contribution in [0.2, 0.25) is 0 Å². The van der Waals surface area contributed by atoms with Crippen LogP contribution < -0.4 is 10.2 Å². The monoisotopic (exact) mass is 401 g/mol. The minimum atomic E-state index is -0.505. The summed E-state index contributed by atoms with van der Waals surface area (Å²) in [4.78, 5) is 48.9. The zero-order chi connectivity index (χ0) is 21.3. The highest BCUT2D eigenvalue weighted by Crippen LogP contribution is 2.29. The van der Waals surface area contributed by atoms with Gasteiger partial charge >= 0.3 is 0 Å². The molecule has 0 aliphatic carbocycles. The Balaban J connectivity index is 1.49. The topological polar surface area (TPSA) is 110 Å². The number of non-ortho nitro benzene ring substituents is 1. The highest BCUT2D eigenvalue weighted by atomic mass is 16.6. The third kappa shape index (κ3) is 3.53. The van der Waals surface area contributed by atoms with Crippen LogP contribution in [-0.2, 0) is 11.2 Å². The van der Waals surface area contributed by atoms with Crippen LogP contribution in [0.15, 0.2) is 72.8 Å². The third-order valence-corrected chi connectivity index (χ3v) is 4.69. The fraction of sp³-hybridized carbons (Fsp3) is 0.0455. The molecule has 0 radical (unpaired) electrons. The van der Waals surface area contributed by atoms with Crippen LogP contribution in [0.25, 0.3) is 0 Å². The van der Waals surface area contributed by atoms with Crippen molar-refractivity contribution >= 4 is 34.8 Å². The number of fused-ring (bicyclic) bond motifs is 1. The van der Waals surface area contributed by atoms with E-state index in [1.165, 1.54) is 24.3 Å². The number of carbonyl (C=O) groups is 3. The van der Waals surface area contributed by atoms with Crippen LogP contribution in [0.3, 0.4) is 0 Å². The molecule has 1 N–H and O–H groups in total. The van der Waals surface area contributed by atoms with E-state index in [1.54, 1.807) is 48.5 Å². The molecule has 0 bridgehead atoms. The Bertz CT molecular complexity index is 1150. The first-order chi connectivity index (χ1) is 14.4. The van der Waals surface area contributed by atoms with Crippen molar-refractivity contribution in [3.8, 4) is 0 Å². The van der Waals surface area contributed by atoms with E-state index in [0.717, 1.165) is 4.90 Å². The molecular weight excluding hydrogens is 386 g/mol. The van der Waals surface area contributed by atoms with Crippen LogP contribution in [0.4, 0.5) is 17.1 Å². The van der Waals surface area contributed by atoms with E-state index >= 15 is 0 Å². The zero-order valence-electron chi connectivity index (χ0n) is 15.6. The van der Waals surface area contributed by atoms with E-state index in [4.69, 9.17) is 0 Å². The van der Waals surface area contributed by atoms with E-state index in [-0.39, 0.29) is 18.0 Å². The van der Waals surface area contributed by atoms with Crippen molar-refractivity contribution in [3.63, 3.8) is 0 Å². The zero-order valence-corrected chi connectivity index (χ0v) is 15.6. The van der Waals surface area contributed by atoms with E-state index < -0.39 is 16.7 Å². The second-order valence-electron chi connectivity index (χ2n) is 6.69. The van der Waals surface area contributed by atoms with Gasteiger partial charge in [-0.3, -0.25) is 24.5 Å². The number of hydrogen-bond acceptors (Lipinski definition) is 5. The van der Waals surface area contributed by atoms with Crippen LogP contribution in [0.5, 0.6) is 0 Å². The summed E-state index contributed by atoms with van der Waals surface area (Å²) in [6.45, 7) is 0. The van der Waals surface area contributed by atoms with Crippen molar-refractivity contribution in [3.05, 3.63) is 99.6 Å². The lowest BCUT2D eigenvalue weighted by Crippen LogP contribution is -2.29. The number of nitro benzene ring substituents is 1. The predicted molar refractivity (Wildman–Crippen MR) is 109 cm³/mol. The molecular formula is C22H15N3O5. The van der Waals surface area contributed by atoms with Crippen molar-refractivity contribution < 1.29 is 19.3 Å². The maximum absolute atomic E-state index is 12.6. The number of imide groups is 1. The van der Waals surface area contributed by atoms with Gasteiger partial charge in [0.25, 0.3) is 17.5 Å². The molecule has 0 aromatic heterocycles. The molecule has 1 aliphatic rings. The van der Waals surface area contributed by atoms with Crippen molar-refractivity contribution in [1.82, 2.24) is 0 Å². The number of carbonyl (C=O) groups excluding carboxylic acids is 3. The number of hydrogen-bond donors (Lipinski definition) is 1. The van der Waals surface area contributed by atoms with Gasteiger partial charge in [0.1, 0.15) is 0 Å². The molecule has 0 atom stereocenters. The van der Waals surface area contributed by atoms with Crippen molar-refractivity contribution in [2.75, 3.05) is 10.2 Å². The smallest absolute Gasteiger partial charge is 0.269 e. The summed E-state index contributed by atoms with van der Waals surface area (Å²) in [7, 11) is 0. The third-order valence-electron chi connectivity index (χ3n) is 4.69. The number of benzene rings is 3. The first kappa shape index (κ1) is 19.0. The van der Waals surface area contributed by atoms with Crippen LogP contribution in [0, 0.1) is 10.1 Å². The van der Waals surface area contributed by atoms with Crippen molar-refractivity contribution in [1.29, 1.82) is 0 Å². The Kier molecular flexibility index (Phi) is 4.81. The lowest BCUT2D eigenvalue weighted by atomic mass is 10.1. The largest absolute Gasteiger partial charge is 0.326 e. The summed E-state index contributed by atoms with van der Waals surface area (Å²) in [6, 6.07) is 18.8. The number of rotatable bonds is 5. The molecule has 148 valence electrons.